The van der Waals surface area contributed by atoms with Crippen LogP contribution >= 0.6 is 0 Å². The highest BCUT2D eigenvalue weighted by Gasteiger charge is 2.42. The summed E-state index contributed by atoms with van der Waals surface area (Å²) in [5.41, 5.74) is 9.52. The Kier molecular flexibility index (Phi) is 7.40. The molecule has 6 rings (SSSR count). The summed E-state index contributed by atoms with van der Waals surface area (Å²) >= 11 is 0. The highest BCUT2D eigenvalue weighted by molar-refractivity contribution is 5.74. The van der Waals surface area contributed by atoms with Crippen LogP contribution in [0.15, 0.2) is 42.7 Å². The van der Waals surface area contributed by atoms with Crippen LogP contribution in [0, 0.1) is 11.8 Å². The van der Waals surface area contributed by atoms with Gasteiger partial charge in [0.15, 0.2) is 5.82 Å². The van der Waals surface area contributed by atoms with Crippen molar-refractivity contribution >= 4 is 23.4 Å². The van der Waals surface area contributed by atoms with Gasteiger partial charge in [-0.1, -0.05) is 12.1 Å². The number of aromatic hydroxyl groups is 1. The molecule has 0 spiro atoms. The Hall–Kier alpha value is -3.95. The van der Waals surface area contributed by atoms with Crippen molar-refractivity contribution in [2.24, 2.45) is 11.8 Å². The molecule has 1 aliphatic carbocycles. The van der Waals surface area contributed by atoms with Gasteiger partial charge in [-0.25, -0.2) is 9.97 Å². The zero-order valence-corrected chi connectivity index (χ0v) is 22.9. The van der Waals surface area contributed by atoms with Crippen LogP contribution in [0.1, 0.15) is 51.0 Å². The molecule has 1 aromatic carbocycles. The Morgan fingerprint density at radius 3 is 2.40 bits per heavy atom. The maximum absolute atomic E-state index is 12.0. The number of para-hydroxylation sites is 1. The number of aromatic nitrogens is 4. The number of hydrogen-bond donors (Lipinski definition) is 2. The van der Waals surface area contributed by atoms with Gasteiger partial charge in [0.25, 0.3) is 0 Å². The van der Waals surface area contributed by atoms with Gasteiger partial charge in [0, 0.05) is 43.1 Å². The molecule has 4 heterocycles. The summed E-state index contributed by atoms with van der Waals surface area (Å²) in [5.74, 6) is 1.92. The van der Waals surface area contributed by atoms with Gasteiger partial charge in [0.1, 0.15) is 5.75 Å². The topological polar surface area (TPSA) is 131 Å². The highest BCUT2D eigenvalue weighted by atomic mass is 16.5. The predicted octanol–water partition coefficient (Wildman–Crippen LogP) is 3.99. The normalized spacial score (nSPS) is 24.2. The van der Waals surface area contributed by atoms with Crippen molar-refractivity contribution in [2.75, 3.05) is 35.2 Å². The zero-order valence-electron chi connectivity index (χ0n) is 22.9. The van der Waals surface area contributed by atoms with Crippen LogP contribution in [-0.2, 0) is 16.0 Å². The van der Waals surface area contributed by atoms with E-state index in [1.165, 1.54) is 0 Å². The van der Waals surface area contributed by atoms with Crippen LogP contribution in [0.4, 0.5) is 17.5 Å². The summed E-state index contributed by atoms with van der Waals surface area (Å²) in [6, 6.07) is 9.62. The first kappa shape index (κ1) is 26.3. The fourth-order valence-corrected chi connectivity index (χ4v) is 6.68. The van der Waals surface area contributed by atoms with Crippen molar-refractivity contribution in [3.8, 4) is 17.0 Å². The molecule has 210 valence electrons. The molecule has 2 saturated heterocycles. The fourth-order valence-electron chi connectivity index (χ4n) is 6.68. The summed E-state index contributed by atoms with van der Waals surface area (Å²) in [6.45, 7) is 3.90. The van der Waals surface area contributed by atoms with Crippen LogP contribution in [-0.4, -0.2) is 63.0 Å². The van der Waals surface area contributed by atoms with Crippen LogP contribution in [0.5, 0.6) is 5.75 Å². The van der Waals surface area contributed by atoms with Gasteiger partial charge in [-0.2, -0.15) is 0 Å². The summed E-state index contributed by atoms with van der Waals surface area (Å²) in [5, 5.41) is 18.7. The van der Waals surface area contributed by atoms with Crippen molar-refractivity contribution < 1.29 is 14.6 Å². The number of piperazine rings is 1. The van der Waals surface area contributed by atoms with E-state index in [1.807, 2.05) is 37.5 Å². The average molecular weight is 544 g/mol. The van der Waals surface area contributed by atoms with E-state index in [-0.39, 0.29) is 29.7 Å². The number of hydrogen-bond acceptors (Lipinski definition) is 10. The molecule has 40 heavy (non-hydrogen) atoms. The lowest BCUT2D eigenvalue weighted by atomic mass is 9.79. The van der Waals surface area contributed by atoms with Crippen LogP contribution < -0.4 is 15.5 Å². The molecule has 3 aliphatic rings. The first-order valence-corrected chi connectivity index (χ1v) is 14.4. The number of benzene rings is 1. The van der Waals surface area contributed by atoms with Gasteiger partial charge in [0.2, 0.25) is 5.95 Å². The molecule has 2 aliphatic heterocycles. The number of phenols is 1. The Morgan fingerprint density at radius 2 is 1.73 bits per heavy atom. The third-order valence-electron chi connectivity index (χ3n) is 8.72. The van der Waals surface area contributed by atoms with Crippen molar-refractivity contribution in [2.45, 2.75) is 64.0 Å². The third-order valence-corrected chi connectivity index (χ3v) is 8.72. The second-order valence-corrected chi connectivity index (χ2v) is 11.3. The molecule has 3 aromatic rings. The van der Waals surface area contributed by atoms with Crippen LogP contribution in [0.2, 0.25) is 0 Å². The predicted molar refractivity (Wildman–Crippen MR) is 153 cm³/mol. The Labute approximate surface area is 234 Å². The maximum Gasteiger partial charge on any atom is 0.308 e. The first-order valence-electron chi connectivity index (χ1n) is 14.4. The molecular weight excluding hydrogens is 506 g/mol. The van der Waals surface area contributed by atoms with Gasteiger partial charge < -0.3 is 25.4 Å². The molecule has 10 heteroatoms. The second kappa shape index (κ2) is 11.3. The lowest BCUT2D eigenvalue weighted by molar-refractivity contribution is -0.149. The molecule has 3 fully saturated rings. The largest absolute Gasteiger partial charge is 0.507 e. The number of phenolic OH excluding ortho intramolecular Hbond substituents is 1. The maximum atomic E-state index is 12.0. The molecule has 2 atom stereocenters. The number of fused-ring (bicyclic) bond motifs is 2. The zero-order chi connectivity index (χ0) is 27.6. The molecule has 0 radical (unpaired) electrons. The molecule has 0 amide bonds. The van der Waals surface area contributed by atoms with Crippen LogP contribution in [0.25, 0.3) is 11.3 Å². The lowest BCUT2D eigenvalue weighted by Crippen LogP contribution is -2.54. The number of anilines is 3. The van der Waals surface area contributed by atoms with Crippen molar-refractivity contribution in [1.82, 2.24) is 20.2 Å². The minimum atomic E-state index is -0.0397. The van der Waals surface area contributed by atoms with E-state index in [9.17, 15) is 9.90 Å². The molecule has 10 nitrogen and oxygen atoms in total. The van der Waals surface area contributed by atoms with Crippen molar-refractivity contribution in [1.29, 1.82) is 0 Å². The van der Waals surface area contributed by atoms with E-state index >= 15 is 0 Å². The number of ether oxygens (including phenoxy) is 1. The summed E-state index contributed by atoms with van der Waals surface area (Å²) in [6.07, 6.45) is 10.9. The summed E-state index contributed by atoms with van der Waals surface area (Å²) in [7, 11) is 0. The first-order chi connectivity index (χ1) is 19.5. The molecule has 2 unspecified atom stereocenters. The van der Waals surface area contributed by atoms with Gasteiger partial charge in [0.05, 0.1) is 23.9 Å². The quantitative estimate of drug-likeness (QED) is 0.422. The smallest absolute Gasteiger partial charge is 0.308 e. The van der Waals surface area contributed by atoms with Gasteiger partial charge in [-0.3, -0.25) is 4.79 Å². The number of esters is 1. The second-order valence-electron chi connectivity index (χ2n) is 11.3. The minimum Gasteiger partial charge on any atom is -0.507 e. The number of nitrogens with two attached hydrogens (primary N) is 1. The average Bonchev–Trinajstić information content (AvgIpc) is 3.23. The number of nitrogen functional groups attached to an aromatic ring is 1. The van der Waals surface area contributed by atoms with Crippen molar-refractivity contribution in [3.63, 3.8) is 0 Å². The van der Waals surface area contributed by atoms with Gasteiger partial charge >= 0.3 is 5.97 Å². The van der Waals surface area contributed by atoms with Crippen molar-refractivity contribution in [3.05, 3.63) is 48.3 Å². The SMILES string of the molecule is CCOC(=O)C1CCC(Cc2cnc(N3C4CCC3CN(c3cc(-c5ccccc5O)nnc3N)C4)nc2)CC1. The Bertz CT molecular complexity index is 1330. The van der Waals surface area contributed by atoms with Gasteiger partial charge in [-0.05, 0) is 81.5 Å². The molecule has 3 N–H and O–H groups in total. The Balaban J connectivity index is 1.10. The molecular formula is C30H37N7O3. The van der Waals surface area contributed by atoms with Gasteiger partial charge in [-0.15, -0.1) is 10.2 Å². The molecule has 2 aromatic heterocycles. The molecule has 2 bridgehead atoms. The van der Waals surface area contributed by atoms with E-state index in [1.54, 1.807) is 12.1 Å². The number of carbonyl (C=O) groups is 1. The monoisotopic (exact) mass is 543 g/mol. The van der Waals surface area contributed by atoms with Crippen LogP contribution in [0.3, 0.4) is 0 Å². The van der Waals surface area contributed by atoms with E-state index < -0.39 is 0 Å². The number of carbonyl (C=O) groups excluding carboxylic acids is 1. The summed E-state index contributed by atoms with van der Waals surface area (Å²) < 4.78 is 5.21. The Morgan fingerprint density at radius 1 is 1.02 bits per heavy atom. The minimum absolute atomic E-state index is 0.0397. The fraction of sp³-hybridized carbons (Fsp3) is 0.500. The van der Waals surface area contributed by atoms with E-state index in [4.69, 9.17) is 20.4 Å². The number of rotatable bonds is 7. The van der Waals surface area contributed by atoms with E-state index in [0.29, 0.717) is 29.6 Å². The molecule has 1 saturated carbocycles. The highest BCUT2D eigenvalue weighted by Crippen LogP contribution is 2.38. The lowest BCUT2D eigenvalue weighted by Gasteiger charge is -2.42. The van der Waals surface area contributed by atoms with E-state index in [0.717, 1.165) is 75.2 Å². The summed E-state index contributed by atoms with van der Waals surface area (Å²) in [4.78, 5) is 26.3. The third kappa shape index (κ3) is 5.26. The van der Waals surface area contributed by atoms with E-state index in [2.05, 4.69) is 20.0 Å². The standard InChI is InChI=1S/C30H37N7O3/c1-2-40-29(39)21-9-7-19(8-10-21)13-20-15-32-30(33-16-20)37-22-11-12-23(37)18-36(17-22)26-14-25(34-35-28(26)31)24-5-3-4-6-27(24)38/h3-6,14-16,19,21-23,38H,2,7-13,17-18H2,1H3,(H2,31,35). The number of nitrogens with zero attached hydrogens (tertiary/aromatic N) is 6.